The number of aliphatic hydroxyl groups is 1. The molecular formula is C81H158O17P2. The fourth-order valence-electron chi connectivity index (χ4n) is 12.5. The first kappa shape index (κ1) is 98.1. The Hall–Kier alpha value is -1.94. The van der Waals surface area contributed by atoms with E-state index in [2.05, 4.69) is 41.5 Å². The van der Waals surface area contributed by atoms with E-state index in [1.807, 2.05) is 0 Å². The van der Waals surface area contributed by atoms with Gasteiger partial charge >= 0.3 is 39.5 Å². The third-order valence-corrected chi connectivity index (χ3v) is 20.9. The first-order valence-corrected chi connectivity index (χ1v) is 45.0. The molecule has 5 atom stereocenters. The zero-order valence-electron chi connectivity index (χ0n) is 65.5. The second kappa shape index (κ2) is 72.6. The second-order valence-corrected chi connectivity index (χ2v) is 33.0. The summed E-state index contributed by atoms with van der Waals surface area (Å²) in [6.07, 6.45) is 62.2. The Morgan fingerprint density at radius 2 is 0.460 bits per heavy atom. The Balaban J connectivity index is 5.26. The van der Waals surface area contributed by atoms with E-state index in [1.54, 1.807) is 0 Å². The minimum Gasteiger partial charge on any atom is -0.462 e. The number of rotatable bonds is 80. The van der Waals surface area contributed by atoms with Crippen molar-refractivity contribution >= 4 is 39.5 Å². The minimum absolute atomic E-state index is 0.108. The number of hydrogen-bond donors (Lipinski definition) is 3. The van der Waals surface area contributed by atoms with E-state index in [-0.39, 0.29) is 25.7 Å². The number of phosphoric ester groups is 2. The number of phosphoric acid groups is 2. The number of carbonyl (C=O) groups is 4. The highest BCUT2D eigenvalue weighted by Crippen LogP contribution is 2.45. The standard InChI is InChI=1S/C81H158O17P2/c1-7-9-11-13-15-17-19-21-28-34-41-47-53-59-65-80(85)97-76(69-91-78(83)63-57-51-45-39-33-26-20-18-16-14-12-10-8-2)71-95-99(87,88)93-67-75(82)68-94-100(89,90)96-72-77(70-92-79(84)64-58-52-46-40-36-30-32-38-44-50-56-62-74(5)6)98-81(86)66-60-54-48-42-35-29-25-23-22-24-27-31-37-43-49-55-61-73(3)4/h73-77,82H,7-72H2,1-6H3,(H,87,88)(H,89,90)/t75-,76+,77+/m0/s1. The molecule has 0 saturated heterocycles. The molecule has 0 saturated carbocycles. The van der Waals surface area contributed by atoms with Crippen LogP contribution in [0.2, 0.25) is 0 Å². The van der Waals surface area contributed by atoms with Gasteiger partial charge in [-0.3, -0.25) is 37.3 Å². The van der Waals surface area contributed by atoms with Crippen molar-refractivity contribution in [1.82, 2.24) is 0 Å². The summed E-state index contributed by atoms with van der Waals surface area (Å²) in [5.41, 5.74) is 0. The molecule has 17 nitrogen and oxygen atoms in total. The summed E-state index contributed by atoms with van der Waals surface area (Å²) in [6, 6.07) is 0. The maximum atomic E-state index is 13.1. The van der Waals surface area contributed by atoms with Crippen molar-refractivity contribution in [1.29, 1.82) is 0 Å². The van der Waals surface area contributed by atoms with Crippen LogP contribution in [0.15, 0.2) is 0 Å². The van der Waals surface area contributed by atoms with E-state index < -0.39 is 97.5 Å². The van der Waals surface area contributed by atoms with E-state index >= 15 is 0 Å². The summed E-state index contributed by atoms with van der Waals surface area (Å²) in [5.74, 6) is -0.525. The number of esters is 4. The highest BCUT2D eigenvalue weighted by atomic mass is 31.2. The molecule has 19 heteroatoms. The summed E-state index contributed by atoms with van der Waals surface area (Å²) in [5, 5.41) is 10.6. The largest absolute Gasteiger partial charge is 0.472 e. The number of hydrogen-bond acceptors (Lipinski definition) is 15. The first-order chi connectivity index (χ1) is 48.4. The van der Waals surface area contributed by atoms with Crippen LogP contribution >= 0.6 is 15.6 Å². The van der Waals surface area contributed by atoms with Crippen LogP contribution in [0.4, 0.5) is 0 Å². The zero-order valence-corrected chi connectivity index (χ0v) is 67.3. The van der Waals surface area contributed by atoms with E-state index in [4.69, 9.17) is 37.0 Å². The highest BCUT2D eigenvalue weighted by Gasteiger charge is 2.30. The fraction of sp³-hybridized carbons (Fsp3) is 0.951. The van der Waals surface area contributed by atoms with Crippen molar-refractivity contribution < 1.29 is 80.2 Å². The lowest BCUT2D eigenvalue weighted by atomic mass is 10.0. The van der Waals surface area contributed by atoms with Gasteiger partial charge < -0.3 is 33.8 Å². The van der Waals surface area contributed by atoms with Gasteiger partial charge in [0.1, 0.15) is 19.3 Å². The minimum atomic E-state index is -4.96. The van der Waals surface area contributed by atoms with E-state index in [0.29, 0.717) is 25.7 Å². The molecule has 0 aromatic heterocycles. The molecule has 0 rings (SSSR count). The summed E-state index contributed by atoms with van der Waals surface area (Å²) >= 11 is 0. The normalized spacial score (nSPS) is 13.9. The van der Waals surface area contributed by atoms with Crippen LogP contribution in [-0.4, -0.2) is 96.7 Å². The van der Waals surface area contributed by atoms with Crippen LogP contribution in [0.3, 0.4) is 0 Å². The average molecular weight is 1470 g/mol. The summed E-state index contributed by atoms with van der Waals surface area (Å²) in [7, 11) is -9.92. The molecule has 0 bridgehead atoms. The van der Waals surface area contributed by atoms with Gasteiger partial charge in [-0.2, -0.15) is 0 Å². The maximum Gasteiger partial charge on any atom is 0.472 e. The molecule has 3 N–H and O–H groups in total. The van der Waals surface area contributed by atoms with Gasteiger partial charge in [-0.25, -0.2) is 9.13 Å². The molecule has 0 amide bonds. The number of ether oxygens (including phenoxy) is 4. The van der Waals surface area contributed by atoms with E-state index in [0.717, 1.165) is 102 Å². The van der Waals surface area contributed by atoms with Crippen LogP contribution in [0.1, 0.15) is 427 Å². The van der Waals surface area contributed by atoms with Crippen LogP contribution in [0.25, 0.3) is 0 Å². The van der Waals surface area contributed by atoms with Crippen molar-refractivity contribution in [2.45, 2.75) is 445 Å². The predicted octanol–water partition coefficient (Wildman–Crippen LogP) is 24.3. The lowest BCUT2D eigenvalue weighted by Gasteiger charge is -2.21. The smallest absolute Gasteiger partial charge is 0.462 e. The van der Waals surface area contributed by atoms with Crippen molar-refractivity contribution in [3.05, 3.63) is 0 Å². The Bertz CT molecular complexity index is 1920. The highest BCUT2D eigenvalue weighted by molar-refractivity contribution is 7.47. The van der Waals surface area contributed by atoms with E-state index in [1.165, 1.54) is 244 Å². The third kappa shape index (κ3) is 74.3. The topological polar surface area (TPSA) is 237 Å². The molecule has 0 aromatic rings. The molecule has 0 spiro atoms. The monoisotopic (exact) mass is 1470 g/mol. The Morgan fingerprint density at radius 1 is 0.270 bits per heavy atom. The van der Waals surface area contributed by atoms with Gasteiger partial charge in [-0.1, -0.05) is 375 Å². The molecular weight excluding hydrogens is 1310 g/mol. The lowest BCUT2D eigenvalue weighted by molar-refractivity contribution is -0.161. The van der Waals surface area contributed by atoms with Gasteiger partial charge in [-0.05, 0) is 37.5 Å². The Labute approximate surface area is 613 Å². The van der Waals surface area contributed by atoms with Crippen molar-refractivity contribution in [2.24, 2.45) is 11.8 Å². The van der Waals surface area contributed by atoms with E-state index in [9.17, 15) is 43.2 Å². The molecule has 0 radical (unpaired) electrons. The van der Waals surface area contributed by atoms with Gasteiger partial charge in [-0.15, -0.1) is 0 Å². The summed E-state index contributed by atoms with van der Waals surface area (Å²) in [4.78, 5) is 73.1. The third-order valence-electron chi connectivity index (χ3n) is 19.0. The first-order valence-electron chi connectivity index (χ1n) is 42.0. The number of aliphatic hydroxyl groups excluding tert-OH is 1. The van der Waals surface area contributed by atoms with Crippen LogP contribution in [0, 0.1) is 11.8 Å². The van der Waals surface area contributed by atoms with Crippen molar-refractivity contribution in [3.8, 4) is 0 Å². The molecule has 0 heterocycles. The fourth-order valence-corrected chi connectivity index (χ4v) is 14.1. The lowest BCUT2D eigenvalue weighted by Crippen LogP contribution is -2.30. The van der Waals surface area contributed by atoms with Gasteiger partial charge in [0.15, 0.2) is 12.2 Å². The molecule has 594 valence electrons. The van der Waals surface area contributed by atoms with Gasteiger partial charge in [0.2, 0.25) is 0 Å². The SMILES string of the molecule is CCCCCCCCCCCCCCCCC(=O)O[C@H](COC(=O)CCCCCCCCCCCCCCC)COP(=O)(O)OC[C@H](O)COP(=O)(O)OC[C@@H](COC(=O)CCCCCCCCCCCCCC(C)C)OC(=O)CCCCCCCCCCCCCCCCCCC(C)C. The second-order valence-electron chi connectivity index (χ2n) is 30.1. The van der Waals surface area contributed by atoms with Crippen LogP contribution in [-0.2, 0) is 65.4 Å². The summed E-state index contributed by atoms with van der Waals surface area (Å²) < 4.78 is 68.8. The molecule has 2 unspecified atom stereocenters. The average Bonchev–Trinajstić information content (AvgIpc) is 0.984. The molecule has 0 aliphatic carbocycles. The van der Waals surface area contributed by atoms with Gasteiger partial charge in [0.25, 0.3) is 0 Å². The Kier molecular flexibility index (Phi) is 71.2. The van der Waals surface area contributed by atoms with Gasteiger partial charge in [0, 0.05) is 25.7 Å². The Morgan fingerprint density at radius 3 is 0.680 bits per heavy atom. The van der Waals surface area contributed by atoms with Gasteiger partial charge in [0.05, 0.1) is 26.4 Å². The maximum absolute atomic E-state index is 13.1. The van der Waals surface area contributed by atoms with Crippen LogP contribution < -0.4 is 0 Å². The summed E-state index contributed by atoms with van der Waals surface area (Å²) in [6.45, 7) is 9.68. The molecule has 0 aliphatic heterocycles. The van der Waals surface area contributed by atoms with Crippen molar-refractivity contribution in [3.63, 3.8) is 0 Å². The molecule has 0 aliphatic rings. The van der Waals surface area contributed by atoms with Crippen LogP contribution in [0.5, 0.6) is 0 Å². The van der Waals surface area contributed by atoms with Crippen molar-refractivity contribution in [2.75, 3.05) is 39.6 Å². The predicted molar refractivity (Wildman–Crippen MR) is 409 cm³/mol. The number of unbranched alkanes of at least 4 members (excludes halogenated alkanes) is 50. The molecule has 100 heavy (non-hydrogen) atoms. The molecule has 0 fully saturated rings. The molecule has 0 aromatic carbocycles. The number of carbonyl (C=O) groups excluding carboxylic acids is 4. The quantitative estimate of drug-likeness (QED) is 0.0222. The zero-order chi connectivity index (χ0) is 73.5.